The first-order chi connectivity index (χ1) is 11.2. The highest BCUT2D eigenvalue weighted by atomic mass is 16.5. The van der Waals surface area contributed by atoms with Crippen LogP contribution in [0.5, 0.6) is 5.75 Å². The Labute approximate surface area is 134 Å². The highest BCUT2D eigenvalue weighted by Crippen LogP contribution is 2.24. The van der Waals surface area contributed by atoms with Gasteiger partial charge in [-0.15, -0.1) is 0 Å². The fourth-order valence-corrected chi connectivity index (χ4v) is 3.18. The summed E-state index contributed by atoms with van der Waals surface area (Å²) in [5.41, 5.74) is 0.0891. The van der Waals surface area contributed by atoms with Crippen molar-refractivity contribution in [3.05, 3.63) is 40.2 Å². The van der Waals surface area contributed by atoms with Crippen molar-refractivity contribution in [1.82, 2.24) is 5.32 Å². The number of hydrogen-bond acceptors (Lipinski definition) is 4. The van der Waals surface area contributed by atoms with Crippen LogP contribution in [0.1, 0.15) is 42.7 Å². The molecule has 0 atom stereocenters. The van der Waals surface area contributed by atoms with E-state index in [1.807, 2.05) is 0 Å². The maximum atomic E-state index is 12.3. The number of methoxy groups -OCH3 is 1. The Hall–Kier alpha value is -2.30. The van der Waals surface area contributed by atoms with Crippen LogP contribution in [-0.4, -0.2) is 19.6 Å². The van der Waals surface area contributed by atoms with Crippen LogP contribution in [0.15, 0.2) is 33.5 Å². The largest absolute Gasteiger partial charge is 0.496 e. The second-order valence-corrected chi connectivity index (χ2v) is 6.02. The first-order valence-corrected chi connectivity index (χ1v) is 8.08. The third kappa shape index (κ3) is 3.38. The molecule has 2 aromatic rings. The Morgan fingerprint density at radius 1 is 1.30 bits per heavy atom. The van der Waals surface area contributed by atoms with Crippen LogP contribution in [0.3, 0.4) is 0 Å². The summed E-state index contributed by atoms with van der Waals surface area (Å²) in [5, 5.41) is 3.25. The lowest BCUT2D eigenvalue weighted by molar-refractivity contribution is 0.0916. The first kappa shape index (κ1) is 15.6. The molecule has 5 nitrogen and oxygen atoms in total. The molecule has 23 heavy (non-hydrogen) atoms. The third-order valence-electron chi connectivity index (χ3n) is 4.44. The van der Waals surface area contributed by atoms with E-state index in [-0.39, 0.29) is 17.1 Å². The molecule has 0 radical (unpaired) electrons. The standard InChI is InChI=1S/C18H21NO4/c1-22-14-8-5-9-15-17(14)13(20)10-16(23-15)18(21)19-11-12-6-3-2-4-7-12/h5,8-10,12H,2-4,6-7,11H2,1H3,(H,19,21). The van der Waals surface area contributed by atoms with Gasteiger partial charge in [0.15, 0.2) is 11.2 Å². The molecule has 1 aromatic carbocycles. The van der Waals surface area contributed by atoms with Crippen molar-refractivity contribution < 1.29 is 13.9 Å². The van der Waals surface area contributed by atoms with Crippen molar-refractivity contribution in [2.75, 3.05) is 13.7 Å². The van der Waals surface area contributed by atoms with Crippen LogP contribution in [0.4, 0.5) is 0 Å². The van der Waals surface area contributed by atoms with E-state index in [4.69, 9.17) is 9.15 Å². The summed E-state index contributed by atoms with van der Waals surface area (Å²) in [4.78, 5) is 24.5. The van der Waals surface area contributed by atoms with Gasteiger partial charge in [-0.25, -0.2) is 0 Å². The minimum absolute atomic E-state index is 0.0477. The number of fused-ring (bicyclic) bond motifs is 1. The van der Waals surface area contributed by atoms with Crippen LogP contribution in [0.2, 0.25) is 0 Å². The highest BCUT2D eigenvalue weighted by Gasteiger charge is 2.17. The van der Waals surface area contributed by atoms with Crippen molar-refractivity contribution >= 4 is 16.9 Å². The maximum absolute atomic E-state index is 12.3. The summed E-state index contributed by atoms with van der Waals surface area (Å²) in [6.07, 6.45) is 6.04. The molecule has 1 heterocycles. The zero-order chi connectivity index (χ0) is 16.2. The molecule has 5 heteroatoms. The van der Waals surface area contributed by atoms with Crippen LogP contribution in [-0.2, 0) is 0 Å². The molecule has 0 aliphatic heterocycles. The van der Waals surface area contributed by atoms with Gasteiger partial charge in [0, 0.05) is 12.6 Å². The zero-order valence-corrected chi connectivity index (χ0v) is 13.3. The molecule has 1 aromatic heterocycles. The molecule has 0 spiro atoms. The summed E-state index contributed by atoms with van der Waals surface area (Å²) in [7, 11) is 1.50. The molecule has 0 saturated heterocycles. The minimum Gasteiger partial charge on any atom is -0.496 e. The minimum atomic E-state index is -0.336. The lowest BCUT2D eigenvalue weighted by Gasteiger charge is -2.21. The van der Waals surface area contributed by atoms with Crippen LogP contribution < -0.4 is 15.5 Å². The number of hydrogen-bond donors (Lipinski definition) is 1. The fraction of sp³-hybridized carbons (Fsp3) is 0.444. The van der Waals surface area contributed by atoms with Crippen molar-refractivity contribution in [3.63, 3.8) is 0 Å². The van der Waals surface area contributed by atoms with Gasteiger partial charge in [-0.3, -0.25) is 9.59 Å². The second kappa shape index (κ2) is 6.86. The quantitative estimate of drug-likeness (QED) is 0.941. The van der Waals surface area contributed by atoms with Crippen LogP contribution in [0, 0.1) is 5.92 Å². The highest BCUT2D eigenvalue weighted by molar-refractivity contribution is 5.94. The van der Waals surface area contributed by atoms with Gasteiger partial charge in [0.1, 0.15) is 16.7 Å². The van der Waals surface area contributed by atoms with E-state index < -0.39 is 0 Å². The van der Waals surface area contributed by atoms with Gasteiger partial charge in [0.25, 0.3) is 5.91 Å². The van der Waals surface area contributed by atoms with Gasteiger partial charge in [0.2, 0.25) is 0 Å². The van der Waals surface area contributed by atoms with Crippen LogP contribution in [0.25, 0.3) is 11.0 Å². The molecule has 1 aliphatic rings. The Balaban J connectivity index is 1.79. The number of carbonyl (C=O) groups is 1. The topological polar surface area (TPSA) is 68.5 Å². The lowest BCUT2D eigenvalue weighted by atomic mass is 9.89. The molecule has 1 saturated carbocycles. The van der Waals surface area contributed by atoms with E-state index in [9.17, 15) is 9.59 Å². The lowest BCUT2D eigenvalue weighted by Crippen LogP contribution is -2.30. The monoisotopic (exact) mass is 315 g/mol. The predicted molar refractivity (Wildman–Crippen MR) is 87.9 cm³/mol. The molecule has 1 fully saturated rings. The Morgan fingerprint density at radius 2 is 2.09 bits per heavy atom. The van der Waals surface area contributed by atoms with E-state index in [1.54, 1.807) is 18.2 Å². The van der Waals surface area contributed by atoms with E-state index in [0.29, 0.717) is 29.2 Å². The first-order valence-electron chi connectivity index (χ1n) is 8.08. The van der Waals surface area contributed by atoms with Gasteiger partial charge in [-0.2, -0.15) is 0 Å². The number of nitrogens with one attached hydrogen (secondary N) is 1. The van der Waals surface area contributed by atoms with E-state index in [0.717, 1.165) is 12.8 Å². The smallest absolute Gasteiger partial charge is 0.287 e. The third-order valence-corrected chi connectivity index (χ3v) is 4.44. The maximum Gasteiger partial charge on any atom is 0.287 e. The van der Waals surface area contributed by atoms with E-state index in [1.165, 1.54) is 32.4 Å². The molecular formula is C18H21NO4. The molecule has 1 N–H and O–H groups in total. The van der Waals surface area contributed by atoms with Crippen molar-refractivity contribution in [3.8, 4) is 5.75 Å². The molecule has 1 aliphatic carbocycles. The van der Waals surface area contributed by atoms with Gasteiger partial charge >= 0.3 is 0 Å². The van der Waals surface area contributed by atoms with Crippen molar-refractivity contribution in [2.45, 2.75) is 32.1 Å². The fourth-order valence-electron chi connectivity index (χ4n) is 3.18. The van der Waals surface area contributed by atoms with E-state index in [2.05, 4.69) is 5.32 Å². The number of benzene rings is 1. The van der Waals surface area contributed by atoms with Gasteiger partial charge < -0.3 is 14.5 Å². The predicted octanol–water partition coefficient (Wildman–Crippen LogP) is 3.11. The van der Waals surface area contributed by atoms with E-state index >= 15 is 0 Å². The Bertz CT molecular complexity index is 759. The van der Waals surface area contributed by atoms with Gasteiger partial charge in [-0.1, -0.05) is 25.3 Å². The van der Waals surface area contributed by atoms with Gasteiger partial charge in [-0.05, 0) is 30.9 Å². The molecule has 0 unspecified atom stereocenters. The Morgan fingerprint density at radius 3 is 2.83 bits per heavy atom. The van der Waals surface area contributed by atoms with Crippen LogP contribution >= 0.6 is 0 Å². The zero-order valence-electron chi connectivity index (χ0n) is 13.3. The number of rotatable bonds is 4. The Kier molecular flexibility index (Phi) is 4.65. The average Bonchev–Trinajstić information content (AvgIpc) is 2.59. The summed E-state index contributed by atoms with van der Waals surface area (Å²) in [6.45, 7) is 0.638. The normalized spacial score (nSPS) is 15.5. The SMILES string of the molecule is COc1cccc2oc(C(=O)NCC3CCCCC3)cc(=O)c12. The number of ether oxygens (including phenoxy) is 1. The summed E-state index contributed by atoms with van der Waals surface area (Å²) in [5.74, 6) is 0.689. The summed E-state index contributed by atoms with van der Waals surface area (Å²) < 4.78 is 10.8. The van der Waals surface area contributed by atoms with Crippen molar-refractivity contribution in [1.29, 1.82) is 0 Å². The van der Waals surface area contributed by atoms with Crippen molar-refractivity contribution in [2.24, 2.45) is 5.92 Å². The molecule has 3 rings (SSSR count). The second-order valence-electron chi connectivity index (χ2n) is 6.02. The molecule has 122 valence electrons. The number of amides is 1. The summed E-state index contributed by atoms with van der Waals surface area (Å²) in [6, 6.07) is 6.33. The molecule has 1 amide bonds. The summed E-state index contributed by atoms with van der Waals surface area (Å²) >= 11 is 0. The average molecular weight is 315 g/mol. The van der Waals surface area contributed by atoms with Gasteiger partial charge in [0.05, 0.1) is 7.11 Å². The number of carbonyl (C=O) groups excluding carboxylic acids is 1. The molecular weight excluding hydrogens is 294 g/mol. The molecule has 0 bridgehead atoms.